The van der Waals surface area contributed by atoms with Gasteiger partial charge in [-0.2, -0.15) is 0 Å². The predicted octanol–water partition coefficient (Wildman–Crippen LogP) is 2.88. The number of anilines is 1. The fourth-order valence-electron chi connectivity index (χ4n) is 1.58. The average molecular weight is 299 g/mol. The summed E-state index contributed by atoms with van der Waals surface area (Å²) in [6.45, 7) is 0.357. The molecule has 0 fully saturated rings. The van der Waals surface area contributed by atoms with E-state index in [0.717, 1.165) is 0 Å². The van der Waals surface area contributed by atoms with Gasteiger partial charge in [-0.1, -0.05) is 23.2 Å². The zero-order chi connectivity index (χ0) is 13.8. The summed E-state index contributed by atoms with van der Waals surface area (Å²) in [5.41, 5.74) is 3.87. The van der Waals surface area contributed by atoms with Crippen LogP contribution in [0.25, 0.3) is 11.4 Å². The third-order valence-corrected chi connectivity index (χ3v) is 2.94. The Morgan fingerprint density at radius 1 is 1.26 bits per heavy atom. The van der Waals surface area contributed by atoms with Crippen molar-refractivity contribution in [2.75, 3.05) is 12.5 Å². The molecule has 19 heavy (non-hydrogen) atoms. The van der Waals surface area contributed by atoms with Gasteiger partial charge in [-0.05, 0) is 18.2 Å². The monoisotopic (exact) mass is 298 g/mol. The molecule has 1 heterocycles. The maximum absolute atomic E-state index is 6.14. The van der Waals surface area contributed by atoms with Crippen molar-refractivity contribution in [1.82, 2.24) is 9.97 Å². The van der Waals surface area contributed by atoms with Gasteiger partial charge in [0, 0.05) is 23.8 Å². The molecule has 0 amide bonds. The molecule has 3 N–H and O–H groups in total. The second kappa shape index (κ2) is 6.16. The summed E-state index contributed by atoms with van der Waals surface area (Å²) in [6, 6.07) is 6.83. The summed E-state index contributed by atoms with van der Waals surface area (Å²) in [5.74, 6) is 6.34. The van der Waals surface area contributed by atoms with Crippen molar-refractivity contribution in [2.24, 2.45) is 5.84 Å². The van der Waals surface area contributed by atoms with Crippen molar-refractivity contribution in [3.63, 3.8) is 0 Å². The number of ether oxygens (including phenoxy) is 1. The SMILES string of the molecule is COCc1cc(NN)nc(-c2ccc(Cl)cc2Cl)n1. The number of hydrazine groups is 1. The van der Waals surface area contributed by atoms with Crippen LogP contribution in [0.5, 0.6) is 0 Å². The largest absolute Gasteiger partial charge is 0.378 e. The number of halogens is 2. The van der Waals surface area contributed by atoms with E-state index in [-0.39, 0.29) is 0 Å². The van der Waals surface area contributed by atoms with Crippen LogP contribution in [0.15, 0.2) is 24.3 Å². The summed E-state index contributed by atoms with van der Waals surface area (Å²) in [5, 5.41) is 1.03. The molecule has 0 bridgehead atoms. The van der Waals surface area contributed by atoms with Crippen LogP contribution in [-0.2, 0) is 11.3 Å². The Hall–Kier alpha value is -1.40. The van der Waals surface area contributed by atoms with E-state index in [1.54, 1.807) is 31.4 Å². The van der Waals surface area contributed by atoms with E-state index in [1.165, 1.54) is 0 Å². The smallest absolute Gasteiger partial charge is 0.163 e. The molecule has 0 atom stereocenters. The molecule has 0 saturated heterocycles. The van der Waals surface area contributed by atoms with Crippen molar-refractivity contribution in [2.45, 2.75) is 6.61 Å². The van der Waals surface area contributed by atoms with Gasteiger partial charge < -0.3 is 10.2 Å². The first-order valence-corrected chi connectivity index (χ1v) is 6.18. The molecule has 0 unspecified atom stereocenters. The number of nitrogen functional groups attached to an aromatic ring is 1. The van der Waals surface area contributed by atoms with E-state index in [1.807, 2.05) is 0 Å². The van der Waals surface area contributed by atoms with E-state index in [2.05, 4.69) is 15.4 Å². The molecule has 7 heteroatoms. The Bertz CT molecular complexity index is 592. The quantitative estimate of drug-likeness (QED) is 0.671. The van der Waals surface area contributed by atoms with E-state index >= 15 is 0 Å². The van der Waals surface area contributed by atoms with E-state index in [4.69, 9.17) is 33.8 Å². The molecule has 100 valence electrons. The van der Waals surface area contributed by atoms with Crippen molar-refractivity contribution < 1.29 is 4.74 Å². The molecule has 2 aromatic rings. The van der Waals surface area contributed by atoms with Gasteiger partial charge in [-0.15, -0.1) is 0 Å². The summed E-state index contributed by atoms with van der Waals surface area (Å²) in [4.78, 5) is 8.64. The van der Waals surface area contributed by atoms with E-state index in [0.29, 0.717) is 39.6 Å². The fraction of sp³-hybridized carbons (Fsp3) is 0.167. The van der Waals surface area contributed by atoms with E-state index in [9.17, 15) is 0 Å². The molecule has 1 aromatic carbocycles. The number of hydrogen-bond acceptors (Lipinski definition) is 5. The van der Waals surface area contributed by atoms with Gasteiger partial charge >= 0.3 is 0 Å². The second-order valence-electron chi connectivity index (χ2n) is 3.77. The minimum Gasteiger partial charge on any atom is -0.378 e. The number of nitrogens with two attached hydrogens (primary N) is 1. The van der Waals surface area contributed by atoms with Crippen LogP contribution in [0.3, 0.4) is 0 Å². The van der Waals surface area contributed by atoms with E-state index < -0.39 is 0 Å². The summed E-state index contributed by atoms with van der Waals surface area (Å²) >= 11 is 12.0. The molecule has 1 aromatic heterocycles. The number of aromatic nitrogens is 2. The highest BCUT2D eigenvalue weighted by Crippen LogP contribution is 2.28. The highest BCUT2D eigenvalue weighted by atomic mass is 35.5. The van der Waals surface area contributed by atoms with Crippen LogP contribution in [0, 0.1) is 0 Å². The molecule has 5 nitrogen and oxygen atoms in total. The highest BCUT2D eigenvalue weighted by Gasteiger charge is 2.10. The summed E-state index contributed by atoms with van der Waals surface area (Å²) in [6.07, 6.45) is 0. The highest BCUT2D eigenvalue weighted by molar-refractivity contribution is 6.36. The third-order valence-electron chi connectivity index (χ3n) is 2.39. The zero-order valence-corrected chi connectivity index (χ0v) is 11.7. The van der Waals surface area contributed by atoms with Gasteiger partial charge in [-0.3, -0.25) is 0 Å². The molecule has 0 radical (unpaired) electrons. The standard InChI is InChI=1S/C12H12Cl2N4O/c1-19-6-8-5-11(18-15)17-12(16-8)9-3-2-7(13)4-10(9)14/h2-5H,6,15H2,1H3,(H,16,17,18). The van der Waals surface area contributed by atoms with Crippen LogP contribution in [0.2, 0.25) is 10.0 Å². The number of nitrogens with zero attached hydrogens (tertiary/aromatic N) is 2. The van der Waals surface area contributed by atoms with Crippen molar-refractivity contribution >= 4 is 29.0 Å². The Morgan fingerprint density at radius 2 is 2.05 bits per heavy atom. The molecule has 0 aliphatic rings. The number of rotatable bonds is 4. The molecule has 0 saturated carbocycles. The minimum absolute atomic E-state index is 0.357. The molecule has 2 rings (SSSR count). The normalized spacial score (nSPS) is 10.5. The van der Waals surface area contributed by atoms with Crippen LogP contribution >= 0.6 is 23.2 Å². The first kappa shape index (κ1) is 14.0. The second-order valence-corrected chi connectivity index (χ2v) is 4.61. The van der Waals surface area contributed by atoms with Crippen LogP contribution in [0.4, 0.5) is 5.82 Å². The summed E-state index contributed by atoms with van der Waals surface area (Å²) < 4.78 is 5.05. The Labute approximate surface area is 120 Å². The van der Waals surface area contributed by atoms with Crippen LogP contribution < -0.4 is 11.3 Å². The lowest BCUT2D eigenvalue weighted by Crippen LogP contribution is -2.11. The third kappa shape index (κ3) is 3.33. The maximum atomic E-state index is 6.14. The molecular weight excluding hydrogens is 287 g/mol. The van der Waals surface area contributed by atoms with Gasteiger partial charge in [0.05, 0.1) is 17.3 Å². The lowest BCUT2D eigenvalue weighted by molar-refractivity contribution is 0.181. The van der Waals surface area contributed by atoms with Gasteiger partial charge in [-0.25, -0.2) is 15.8 Å². The predicted molar refractivity (Wildman–Crippen MR) is 76.0 cm³/mol. The lowest BCUT2D eigenvalue weighted by Gasteiger charge is -2.08. The van der Waals surface area contributed by atoms with Gasteiger partial charge in [0.15, 0.2) is 5.82 Å². The van der Waals surface area contributed by atoms with Gasteiger partial charge in [0.2, 0.25) is 0 Å². The number of nitrogens with one attached hydrogen (secondary N) is 1. The van der Waals surface area contributed by atoms with Gasteiger partial charge in [0.1, 0.15) is 5.82 Å². The van der Waals surface area contributed by atoms with Gasteiger partial charge in [0.25, 0.3) is 0 Å². The Balaban J connectivity index is 2.51. The van der Waals surface area contributed by atoms with Crippen molar-refractivity contribution in [1.29, 1.82) is 0 Å². The Morgan fingerprint density at radius 3 is 2.68 bits per heavy atom. The van der Waals surface area contributed by atoms with Crippen molar-refractivity contribution in [3.05, 3.63) is 40.0 Å². The molecule has 0 aliphatic carbocycles. The van der Waals surface area contributed by atoms with Crippen molar-refractivity contribution in [3.8, 4) is 11.4 Å². The lowest BCUT2D eigenvalue weighted by atomic mass is 10.2. The number of methoxy groups -OCH3 is 1. The maximum Gasteiger partial charge on any atom is 0.163 e. The Kier molecular flexibility index (Phi) is 4.55. The molecular formula is C12H12Cl2N4O. The summed E-state index contributed by atoms with van der Waals surface area (Å²) in [7, 11) is 1.59. The van der Waals surface area contributed by atoms with Crippen LogP contribution in [-0.4, -0.2) is 17.1 Å². The number of hydrogen-bond donors (Lipinski definition) is 2. The minimum atomic E-state index is 0.357. The average Bonchev–Trinajstić information content (AvgIpc) is 2.38. The fourth-order valence-corrected chi connectivity index (χ4v) is 2.08. The zero-order valence-electron chi connectivity index (χ0n) is 10.2. The molecule has 0 spiro atoms. The van der Waals surface area contributed by atoms with Crippen LogP contribution in [0.1, 0.15) is 5.69 Å². The first-order valence-electron chi connectivity index (χ1n) is 5.43. The first-order chi connectivity index (χ1) is 9.13. The molecule has 0 aliphatic heterocycles. The number of benzene rings is 1. The topological polar surface area (TPSA) is 73.1 Å².